The van der Waals surface area contributed by atoms with Crippen LogP contribution in [0.4, 0.5) is 5.13 Å². The summed E-state index contributed by atoms with van der Waals surface area (Å²) < 4.78 is 5.46. The van der Waals surface area contributed by atoms with Crippen LogP contribution in [0, 0.1) is 0 Å². The number of morpholine rings is 1. The van der Waals surface area contributed by atoms with Crippen LogP contribution in [0.5, 0.6) is 0 Å². The van der Waals surface area contributed by atoms with Gasteiger partial charge in [0.2, 0.25) is 0 Å². The molecule has 2 saturated heterocycles. The van der Waals surface area contributed by atoms with E-state index in [4.69, 9.17) is 4.74 Å². The van der Waals surface area contributed by atoms with E-state index in [-0.39, 0.29) is 0 Å². The molecule has 5 nitrogen and oxygen atoms in total. The fourth-order valence-electron chi connectivity index (χ4n) is 3.26. The summed E-state index contributed by atoms with van der Waals surface area (Å²) in [6, 6.07) is 0.677. The van der Waals surface area contributed by atoms with Crippen LogP contribution in [0.25, 0.3) is 0 Å². The van der Waals surface area contributed by atoms with Gasteiger partial charge in [-0.1, -0.05) is 6.42 Å². The van der Waals surface area contributed by atoms with Gasteiger partial charge in [-0.15, -0.1) is 11.3 Å². The number of thiazole rings is 1. The number of hydrogen-bond donors (Lipinski definition) is 1. The number of hydrogen-bond acceptors (Lipinski definition) is 6. The molecule has 1 N–H and O–H groups in total. The van der Waals surface area contributed by atoms with Crippen LogP contribution in [0.15, 0.2) is 5.38 Å². The predicted octanol–water partition coefficient (Wildman–Crippen LogP) is 1.87. The Hall–Kier alpha value is -0.690. The monoisotopic (exact) mass is 310 g/mol. The second-order valence-corrected chi connectivity index (χ2v) is 6.79. The lowest BCUT2D eigenvalue weighted by Gasteiger charge is -2.39. The molecule has 3 heterocycles. The number of anilines is 1. The van der Waals surface area contributed by atoms with Crippen LogP contribution in [-0.2, 0) is 11.3 Å². The molecule has 0 amide bonds. The Balaban J connectivity index is 1.57. The summed E-state index contributed by atoms with van der Waals surface area (Å²) in [5.74, 6) is 0. The third-order valence-corrected chi connectivity index (χ3v) is 5.36. The summed E-state index contributed by atoms with van der Waals surface area (Å²) in [6.07, 6.45) is 4.01. The van der Waals surface area contributed by atoms with Crippen molar-refractivity contribution in [2.24, 2.45) is 0 Å². The second kappa shape index (κ2) is 7.54. The van der Waals surface area contributed by atoms with Crippen LogP contribution in [-0.4, -0.2) is 67.3 Å². The summed E-state index contributed by atoms with van der Waals surface area (Å²) in [6.45, 7) is 7.35. The van der Waals surface area contributed by atoms with E-state index in [0.29, 0.717) is 6.04 Å². The Labute approximate surface area is 131 Å². The highest BCUT2D eigenvalue weighted by atomic mass is 32.1. The number of rotatable bonds is 5. The first-order valence-electron chi connectivity index (χ1n) is 8.01. The fraction of sp³-hybridized carbons (Fsp3) is 0.800. The van der Waals surface area contributed by atoms with Gasteiger partial charge in [0, 0.05) is 44.6 Å². The second-order valence-electron chi connectivity index (χ2n) is 5.93. The van der Waals surface area contributed by atoms with Crippen LogP contribution < -0.4 is 5.32 Å². The molecule has 21 heavy (non-hydrogen) atoms. The highest BCUT2D eigenvalue weighted by Crippen LogP contribution is 2.22. The first kappa shape index (κ1) is 15.2. The first-order chi connectivity index (χ1) is 10.3. The third kappa shape index (κ3) is 4.16. The molecule has 3 rings (SSSR count). The fourth-order valence-corrected chi connectivity index (χ4v) is 3.92. The van der Waals surface area contributed by atoms with Gasteiger partial charge in [0.25, 0.3) is 0 Å². The van der Waals surface area contributed by atoms with Crippen LogP contribution in [0.3, 0.4) is 0 Å². The molecule has 0 radical (unpaired) electrons. The van der Waals surface area contributed by atoms with Gasteiger partial charge in [0.05, 0.1) is 18.9 Å². The third-order valence-electron chi connectivity index (χ3n) is 4.45. The van der Waals surface area contributed by atoms with Crippen molar-refractivity contribution >= 4 is 16.5 Å². The number of nitrogens with zero attached hydrogens (tertiary/aromatic N) is 3. The number of ether oxygens (including phenoxy) is 1. The van der Waals surface area contributed by atoms with Crippen molar-refractivity contribution < 1.29 is 4.74 Å². The smallest absolute Gasteiger partial charge is 0.182 e. The molecule has 118 valence electrons. The summed E-state index contributed by atoms with van der Waals surface area (Å²) >= 11 is 1.70. The van der Waals surface area contributed by atoms with Crippen molar-refractivity contribution in [2.75, 3.05) is 51.8 Å². The molecular weight excluding hydrogens is 284 g/mol. The van der Waals surface area contributed by atoms with E-state index in [9.17, 15) is 0 Å². The number of likely N-dealkylation sites (tertiary alicyclic amines) is 1. The highest BCUT2D eigenvalue weighted by Gasteiger charge is 2.25. The molecule has 0 aliphatic carbocycles. The van der Waals surface area contributed by atoms with E-state index in [0.717, 1.165) is 38.0 Å². The van der Waals surface area contributed by atoms with Crippen LogP contribution in [0.1, 0.15) is 25.0 Å². The van der Waals surface area contributed by atoms with E-state index < -0.39 is 0 Å². The highest BCUT2D eigenvalue weighted by molar-refractivity contribution is 7.13. The zero-order valence-electron chi connectivity index (χ0n) is 12.9. The van der Waals surface area contributed by atoms with Gasteiger partial charge in [-0.25, -0.2) is 4.98 Å². The maximum Gasteiger partial charge on any atom is 0.182 e. The average Bonchev–Trinajstić information content (AvgIpc) is 2.98. The van der Waals surface area contributed by atoms with Gasteiger partial charge in [-0.2, -0.15) is 0 Å². The van der Waals surface area contributed by atoms with Gasteiger partial charge < -0.3 is 10.1 Å². The van der Waals surface area contributed by atoms with E-state index in [1.807, 2.05) is 7.05 Å². The lowest BCUT2D eigenvalue weighted by atomic mass is 10.0. The molecule has 0 bridgehead atoms. The summed E-state index contributed by atoms with van der Waals surface area (Å²) in [7, 11) is 1.94. The lowest BCUT2D eigenvalue weighted by molar-refractivity contribution is 0.0151. The molecule has 0 aromatic carbocycles. The van der Waals surface area contributed by atoms with Gasteiger partial charge in [-0.05, 0) is 19.4 Å². The molecule has 1 atom stereocenters. The Kier molecular flexibility index (Phi) is 5.46. The zero-order valence-corrected chi connectivity index (χ0v) is 13.7. The van der Waals surface area contributed by atoms with Crippen LogP contribution in [0.2, 0.25) is 0 Å². The SMILES string of the molecule is CNc1nc(CN2CCCCC2CN2CCOCC2)cs1. The topological polar surface area (TPSA) is 40.6 Å². The molecule has 6 heteroatoms. The Morgan fingerprint density at radius 1 is 1.33 bits per heavy atom. The Bertz CT molecular complexity index is 433. The van der Waals surface area contributed by atoms with E-state index in [1.54, 1.807) is 11.3 Å². The molecule has 1 aromatic heterocycles. The van der Waals surface area contributed by atoms with E-state index in [1.165, 1.54) is 38.0 Å². The Morgan fingerprint density at radius 3 is 2.95 bits per heavy atom. The molecule has 2 aliphatic rings. The Morgan fingerprint density at radius 2 is 2.19 bits per heavy atom. The minimum Gasteiger partial charge on any atom is -0.379 e. The van der Waals surface area contributed by atoms with Crippen molar-refractivity contribution in [1.29, 1.82) is 0 Å². The normalized spacial score (nSPS) is 25.1. The molecule has 0 saturated carbocycles. The first-order valence-corrected chi connectivity index (χ1v) is 8.89. The largest absolute Gasteiger partial charge is 0.379 e. The lowest BCUT2D eigenvalue weighted by Crippen LogP contribution is -2.49. The van der Waals surface area contributed by atoms with Crippen molar-refractivity contribution in [3.05, 3.63) is 11.1 Å². The van der Waals surface area contributed by atoms with Gasteiger partial charge in [-0.3, -0.25) is 9.80 Å². The van der Waals surface area contributed by atoms with Crippen molar-refractivity contribution in [3.63, 3.8) is 0 Å². The number of nitrogens with one attached hydrogen (secondary N) is 1. The van der Waals surface area contributed by atoms with Crippen molar-refractivity contribution in [2.45, 2.75) is 31.8 Å². The molecule has 1 aromatic rings. The summed E-state index contributed by atoms with van der Waals surface area (Å²) in [5, 5.41) is 6.34. The minimum absolute atomic E-state index is 0.677. The minimum atomic E-state index is 0.677. The van der Waals surface area contributed by atoms with E-state index in [2.05, 4.69) is 25.5 Å². The van der Waals surface area contributed by atoms with Crippen molar-refractivity contribution in [3.8, 4) is 0 Å². The maximum atomic E-state index is 5.46. The molecule has 1 unspecified atom stereocenters. The number of piperidine rings is 1. The van der Waals surface area contributed by atoms with Gasteiger partial charge in [0.15, 0.2) is 5.13 Å². The van der Waals surface area contributed by atoms with Gasteiger partial charge in [0.1, 0.15) is 0 Å². The molecule has 2 aliphatic heterocycles. The zero-order chi connectivity index (χ0) is 14.5. The molecular formula is C15H26N4OS. The quantitative estimate of drug-likeness (QED) is 0.899. The van der Waals surface area contributed by atoms with Gasteiger partial charge >= 0.3 is 0 Å². The average molecular weight is 310 g/mol. The van der Waals surface area contributed by atoms with Crippen LogP contribution >= 0.6 is 11.3 Å². The summed E-state index contributed by atoms with van der Waals surface area (Å²) in [4.78, 5) is 9.83. The number of aromatic nitrogens is 1. The molecule has 2 fully saturated rings. The van der Waals surface area contributed by atoms with Crippen molar-refractivity contribution in [1.82, 2.24) is 14.8 Å². The summed E-state index contributed by atoms with van der Waals surface area (Å²) in [5.41, 5.74) is 1.21. The standard InChI is InChI=1S/C15H26N4OS/c1-16-15-17-13(12-21-15)10-19-5-3-2-4-14(19)11-18-6-8-20-9-7-18/h12,14H,2-11H2,1H3,(H,16,17). The predicted molar refractivity (Wildman–Crippen MR) is 87.0 cm³/mol. The molecule has 0 spiro atoms. The van der Waals surface area contributed by atoms with E-state index >= 15 is 0 Å². The maximum absolute atomic E-state index is 5.46.